The van der Waals surface area contributed by atoms with Crippen molar-refractivity contribution in [3.8, 4) is 0 Å². The smallest absolute Gasteiger partial charge is 0.290 e. The Balaban J connectivity index is -0.00000183. The second-order valence-electron chi connectivity index (χ2n) is 16.3. The van der Waals surface area contributed by atoms with E-state index in [-0.39, 0.29) is 12.6 Å². The van der Waals surface area contributed by atoms with Gasteiger partial charge in [-0.3, -0.25) is 4.79 Å². The molecule has 58 heavy (non-hydrogen) atoms. The molecule has 0 aliphatic rings. The Morgan fingerprint density at radius 3 is 1.36 bits per heavy atom. The average molecular weight is 816 g/mol. The predicted octanol–water partition coefficient (Wildman–Crippen LogP) is 14.9. The van der Waals surface area contributed by atoms with Crippen LogP contribution in [0.25, 0.3) is 0 Å². The minimum absolute atomic E-state index is 0.213. The molecule has 0 saturated carbocycles. The fourth-order valence-electron chi connectivity index (χ4n) is 6.80. The summed E-state index contributed by atoms with van der Waals surface area (Å²) in [6.07, 6.45) is 47.0. The highest BCUT2D eigenvalue weighted by atomic mass is 16.5. The first-order valence-corrected chi connectivity index (χ1v) is 24.2. The molecule has 0 atom stereocenters. The van der Waals surface area contributed by atoms with Crippen LogP contribution >= 0.6 is 0 Å². The third kappa shape index (κ3) is 51.3. The van der Waals surface area contributed by atoms with Crippen LogP contribution in [-0.4, -0.2) is 48.7 Å². The van der Waals surface area contributed by atoms with Crippen LogP contribution < -0.4 is 11.1 Å². The highest BCUT2D eigenvalue weighted by Crippen LogP contribution is 2.21. The van der Waals surface area contributed by atoms with Gasteiger partial charge in [-0.1, -0.05) is 194 Å². The van der Waals surface area contributed by atoms with Gasteiger partial charge in [0.15, 0.2) is 11.7 Å². The van der Waals surface area contributed by atoms with Crippen molar-refractivity contribution in [2.75, 3.05) is 20.1 Å². The first-order valence-electron chi connectivity index (χ1n) is 24.2. The van der Waals surface area contributed by atoms with Gasteiger partial charge >= 0.3 is 0 Å². The number of carbonyl (C=O) groups is 1. The molecule has 0 aromatic heterocycles. The number of nitrogens with two attached hydrogens (primary N) is 1. The maximum Gasteiger partial charge on any atom is 0.290 e. The van der Waals surface area contributed by atoms with Crippen molar-refractivity contribution < 1.29 is 19.4 Å². The largest absolute Gasteiger partial charge is 0.483 e. The number of allylic oxidation sites excluding steroid dienone is 3. The zero-order valence-corrected chi connectivity index (χ0v) is 39.2. The molecular weight excluding hydrogens is 719 g/mol. The Morgan fingerprint density at radius 1 is 0.672 bits per heavy atom. The van der Waals surface area contributed by atoms with Crippen LogP contribution in [0.4, 0.5) is 0 Å². The Bertz CT molecular complexity index is 984. The maximum absolute atomic E-state index is 11.7. The molecule has 0 amide bonds. The Labute approximate surface area is 360 Å². The summed E-state index contributed by atoms with van der Waals surface area (Å²) >= 11 is 0. The molecule has 0 spiro atoms. The van der Waals surface area contributed by atoms with Crippen molar-refractivity contribution in [3.05, 3.63) is 48.3 Å². The summed E-state index contributed by atoms with van der Waals surface area (Å²) in [5, 5.41) is 10.5. The topological polar surface area (TPSA) is 105 Å². The zero-order chi connectivity index (χ0) is 43.6. The minimum atomic E-state index is -0.250. The molecule has 0 radical (unpaired) electrons. The number of hydrogen-bond acceptors (Lipinski definition) is 6. The zero-order valence-electron chi connectivity index (χ0n) is 39.2. The number of ether oxygens (including phenoxy) is 1. The van der Waals surface area contributed by atoms with Gasteiger partial charge in [-0.05, 0) is 71.0 Å². The maximum atomic E-state index is 11.7. The monoisotopic (exact) mass is 816 g/mol. The van der Waals surface area contributed by atoms with Crippen LogP contribution in [0.2, 0.25) is 0 Å². The Kier molecular flexibility index (Phi) is 53.7. The van der Waals surface area contributed by atoms with Crippen LogP contribution in [-0.2, 0) is 14.3 Å². The molecule has 0 bridgehead atoms. The van der Waals surface area contributed by atoms with E-state index in [4.69, 9.17) is 20.4 Å². The molecule has 0 aromatic rings. The molecule has 0 fully saturated rings. The first kappa shape index (κ1) is 59.6. The summed E-state index contributed by atoms with van der Waals surface area (Å²) in [6.45, 7) is 17.9. The van der Waals surface area contributed by atoms with Gasteiger partial charge in [0.25, 0.3) is 6.47 Å². The van der Waals surface area contributed by atoms with Gasteiger partial charge in [0.1, 0.15) is 0 Å². The number of nitrogens with zero attached hydrogens (tertiary/aromatic N) is 1. The fourth-order valence-corrected chi connectivity index (χ4v) is 6.80. The highest BCUT2D eigenvalue weighted by Gasteiger charge is 2.13. The van der Waals surface area contributed by atoms with E-state index >= 15 is 0 Å². The van der Waals surface area contributed by atoms with Gasteiger partial charge in [-0.2, -0.15) is 0 Å². The lowest BCUT2D eigenvalue weighted by Crippen LogP contribution is -2.16. The van der Waals surface area contributed by atoms with E-state index in [0.29, 0.717) is 11.5 Å². The molecule has 7 heteroatoms. The van der Waals surface area contributed by atoms with Gasteiger partial charge in [-0.25, -0.2) is 4.79 Å². The van der Waals surface area contributed by atoms with Crippen molar-refractivity contribution in [1.82, 2.24) is 10.2 Å². The molecular formula is C51H97N3O4. The molecule has 0 aromatic carbocycles. The summed E-state index contributed by atoms with van der Waals surface area (Å²) in [5.74, 6) is 2.76. The van der Waals surface area contributed by atoms with Gasteiger partial charge in [0.2, 0.25) is 0 Å². The SMILES string of the molecule is C=C=C(C)N(C)/C=C\C(=C)N.CCCCCCCCCCCCCCCNCCCCCCCC(=C=O)OC(CCCCCCCC)CCCCCCCC.O=CO. The highest BCUT2D eigenvalue weighted by molar-refractivity contribution is 5.49. The summed E-state index contributed by atoms with van der Waals surface area (Å²) < 4.78 is 6.28. The van der Waals surface area contributed by atoms with Gasteiger partial charge in [0, 0.05) is 25.4 Å². The van der Waals surface area contributed by atoms with Gasteiger partial charge in [-0.15, -0.1) is 5.73 Å². The van der Waals surface area contributed by atoms with E-state index in [9.17, 15) is 4.79 Å². The lowest BCUT2D eigenvalue weighted by Gasteiger charge is -2.20. The molecule has 0 aliphatic heterocycles. The number of carboxylic acid groups (broad SMARTS) is 1. The summed E-state index contributed by atoms with van der Waals surface area (Å²) in [4.78, 5) is 21.9. The van der Waals surface area contributed by atoms with Crippen LogP contribution in [0.5, 0.6) is 0 Å². The van der Waals surface area contributed by atoms with Crippen molar-refractivity contribution >= 4 is 12.4 Å². The van der Waals surface area contributed by atoms with E-state index in [1.165, 1.54) is 193 Å². The third-order valence-electron chi connectivity index (χ3n) is 10.7. The van der Waals surface area contributed by atoms with E-state index in [2.05, 4.69) is 50.9 Å². The van der Waals surface area contributed by atoms with Crippen molar-refractivity contribution in [3.63, 3.8) is 0 Å². The number of nitrogens with one attached hydrogen (secondary N) is 1. The molecule has 0 unspecified atom stereocenters. The lowest BCUT2D eigenvalue weighted by atomic mass is 10.0. The summed E-state index contributed by atoms with van der Waals surface area (Å²) in [6, 6.07) is 0. The van der Waals surface area contributed by atoms with Crippen molar-refractivity contribution in [2.45, 2.75) is 246 Å². The Morgan fingerprint density at radius 2 is 1.02 bits per heavy atom. The molecule has 7 nitrogen and oxygen atoms in total. The third-order valence-corrected chi connectivity index (χ3v) is 10.7. The molecule has 4 N–H and O–H groups in total. The number of hydrogen-bond donors (Lipinski definition) is 3. The summed E-state index contributed by atoms with van der Waals surface area (Å²) in [5.41, 5.74) is 9.57. The van der Waals surface area contributed by atoms with Crippen molar-refractivity contribution in [1.29, 1.82) is 0 Å². The molecule has 0 rings (SSSR count). The summed E-state index contributed by atoms with van der Waals surface area (Å²) in [7, 11) is 1.90. The molecule has 0 heterocycles. The number of unbranched alkanes of at least 4 members (excludes halogenated alkanes) is 26. The number of rotatable bonds is 41. The van der Waals surface area contributed by atoms with Crippen LogP contribution in [0.1, 0.15) is 240 Å². The second-order valence-corrected chi connectivity index (χ2v) is 16.3. The quantitative estimate of drug-likeness (QED) is 0.0141. The van der Waals surface area contributed by atoms with Crippen LogP contribution in [0.15, 0.2) is 48.3 Å². The second kappa shape index (κ2) is 52.3. The Hall–Kier alpha value is -2.72. The average Bonchev–Trinajstić information content (AvgIpc) is 3.22. The first-order chi connectivity index (χ1) is 28.3. The van der Waals surface area contributed by atoms with E-state index in [1.807, 2.05) is 25.1 Å². The van der Waals surface area contributed by atoms with E-state index in [1.54, 1.807) is 6.08 Å². The van der Waals surface area contributed by atoms with E-state index < -0.39 is 0 Å². The van der Waals surface area contributed by atoms with Crippen molar-refractivity contribution in [2.24, 2.45) is 5.73 Å². The van der Waals surface area contributed by atoms with Crippen LogP contribution in [0.3, 0.4) is 0 Å². The standard InChI is InChI=1S/C41H81NO2.C9H14N2.CH2O2/c1-4-7-10-13-16-17-18-19-20-21-22-27-32-37-42-38-33-28-23-26-31-36-41(39-43)44-40(34-29-24-14-11-8-5-2)35-30-25-15-12-9-6-3;1-5-9(3)11(4)7-6-8(2)10;2-1-3/h40,42H,4-38H2,1-3H3;6-7H,1-2,10H2,3-4H3;1H,(H,2,3)/b;7-6-;. The van der Waals surface area contributed by atoms with Gasteiger partial charge in [0.05, 0.1) is 11.8 Å². The minimum Gasteiger partial charge on any atom is -0.483 e. The predicted molar refractivity (Wildman–Crippen MR) is 254 cm³/mol. The lowest BCUT2D eigenvalue weighted by molar-refractivity contribution is -0.122. The van der Waals surface area contributed by atoms with Crippen LogP contribution in [0, 0.1) is 0 Å². The fraction of sp³-hybridized carbons (Fsp3) is 0.804. The molecule has 0 aliphatic carbocycles. The molecule has 340 valence electrons. The normalized spacial score (nSPS) is 10.6. The van der Waals surface area contributed by atoms with E-state index in [0.717, 1.165) is 37.9 Å². The van der Waals surface area contributed by atoms with Gasteiger partial charge < -0.3 is 25.8 Å². The number of carbonyl (C=O) groups excluding carboxylic acids is 1. The molecule has 0 saturated heterocycles.